The van der Waals surface area contributed by atoms with Crippen LogP contribution in [0, 0.1) is 0 Å². The first-order valence-corrected chi connectivity index (χ1v) is 12.0. The van der Waals surface area contributed by atoms with E-state index >= 15 is 0 Å². The average Bonchev–Trinajstić information content (AvgIpc) is 2.71. The van der Waals surface area contributed by atoms with Crippen molar-refractivity contribution in [3.05, 3.63) is 48.0 Å². The summed E-state index contributed by atoms with van der Waals surface area (Å²) in [5.41, 5.74) is 1.15. The van der Waals surface area contributed by atoms with Crippen LogP contribution in [0.3, 0.4) is 0 Å². The molecule has 0 aromatic heterocycles. The highest BCUT2D eigenvalue weighted by Crippen LogP contribution is 2.30. The van der Waals surface area contributed by atoms with Crippen molar-refractivity contribution in [2.45, 2.75) is 52.0 Å². The van der Waals surface area contributed by atoms with Crippen molar-refractivity contribution in [3.63, 3.8) is 0 Å². The van der Waals surface area contributed by atoms with Gasteiger partial charge in [-0.3, -0.25) is 4.79 Å². The van der Waals surface area contributed by atoms with E-state index in [0.29, 0.717) is 31.1 Å². The molecule has 1 amide bonds. The lowest BCUT2D eigenvalue weighted by Crippen LogP contribution is -2.30. The zero-order valence-electron chi connectivity index (χ0n) is 18.8. The molecule has 0 saturated heterocycles. The van der Waals surface area contributed by atoms with Gasteiger partial charge >= 0.3 is 0 Å². The molecule has 2 aromatic rings. The summed E-state index contributed by atoms with van der Waals surface area (Å²) in [6, 6.07) is 11.8. The SMILES string of the molecule is CCOc1ccc(CC(=O)Nc2cc(S(=O)(=O)N(CC)CC)ccc2OC(C)C)cc1. The molecule has 8 heteroatoms. The molecule has 0 aliphatic heterocycles. The van der Waals surface area contributed by atoms with Crippen molar-refractivity contribution in [2.24, 2.45) is 0 Å². The smallest absolute Gasteiger partial charge is 0.243 e. The molecule has 0 aliphatic rings. The van der Waals surface area contributed by atoms with Gasteiger partial charge in [-0.15, -0.1) is 0 Å². The Balaban J connectivity index is 2.28. The summed E-state index contributed by atoms with van der Waals surface area (Å²) in [6.07, 6.45) is 0.00702. The average molecular weight is 449 g/mol. The first-order chi connectivity index (χ1) is 14.7. The lowest BCUT2D eigenvalue weighted by atomic mass is 10.1. The van der Waals surface area contributed by atoms with Gasteiger partial charge in [0, 0.05) is 13.1 Å². The largest absolute Gasteiger partial charge is 0.494 e. The molecule has 2 aromatic carbocycles. The minimum atomic E-state index is -3.66. The first kappa shape index (κ1) is 24.7. The number of hydrogen-bond acceptors (Lipinski definition) is 5. The van der Waals surface area contributed by atoms with E-state index in [4.69, 9.17) is 9.47 Å². The first-order valence-electron chi connectivity index (χ1n) is 10.5. The Kier molecular flexibility index (Phi) is 8.88. The normalized spacial score (nSPS) is 11.6. The Morgan fingerprint density at radius 3 is 2.23 bits per heavy atom. The summed E-state index contributed by atoms with van der Waals surface area (Å²) < 4.78 is 38.4. The van der Waals surface area contributed by atoms with Gasteiger partial charge in [0.15, 0.2) is 0 Å². The van der Waals surface area contributed by atoms with Crippen LogP contribution >= 0.6 is 0 Å². The Hall–Kier alpha value is -2.58. The van der Waals surface area contributed by atoms with E-state index in [9.17, 15) is 13.2 Å². The highest BCUT2D eigenvalue weighted by atomic mass is 32.2. The van der Waals surface area contributed by atoms with Gasteiger partial charge in [0.2, 0.25) is 15.9 Å². The van der Waals surface area contributed by atoms with E-state index in [-0.39, 0.29) is 23.3 Å². The summed E-state index contributed by atoms with van der Waals surface area (Å²) in [7, 11) is -3.66. The fourth-order valence-electron chi connectivity index (χ4n) is 3.09. The second-order valence-electron chi connectivity index (χ2n) is 7.22. The highest BCUT2D eigenvalue weighted by Gasteiger charge is 2.23. The number of carbonyl (C=O) groups is 1. The van der Waals surface area contributed by atoms with Gasteiger partial charge in [-0.05, 0) is 56.7 Å². The van der Waals surface area contributed by atoms with Crippen LogP contribution < -0.4 is 14.8 Å². The number of benzene rings is 2. The van der Waals surface area contributed by atoms with Crippen LogP contribution in [0.1, 0.15) is 40.2 Å². The molecule has 2 rings (SSSR count). The van der Waals surface area contributed by atoms with Crippen molar-refractivity contribution in [1.82, 2.24) is 4.31 Å². The molecule has 0 fully saturated rings. The lowest BCUT2D eigenvalue weighted by Gasteiger charge is -2.20. The van der Waals surface area contributed by atoms with Gasteiger partial charge in [0.1, 0.15) is 11.5 Å². The lowest BCUT2D eigenvalue weighted by molar-refractivity contribution is -0.115. The number of amides is 1. The number of rotatable bonds is 11. The van der Waals surface area contributed by atoms with Crippen LogP contribution in [0.15, 0.2) is 47.4 Å². The van der Waals surface area contributed by atoms with E-state index < -0.39 is 10.0 Å². The van der Waals surface area contributed by atoms with Crippen molar-refractivity contribution >= 4 is 21.6 Å². The second kappa shape index (κ2) is 11.2. The molecule has 0 unspecified atom stereocenters. The molecule has 0 aliphatic carbocycles. The predicted molar refractivity (Wildman–Crippen MR) is 122 cm³/mol. The fraction of sp³-hybridized carbons (Fsp3) is 0.435. The number of anilines is 1. The van der Waals surface area contributed by atoms with Crippen LogP contribution in [0.4, 0.5) is 5.69 Å². The van der Waals surface area contributed by atoms with Crippen molar-refractivity contribution in [1.29, 1.82) is 0 Å². The summed E-state index contributed by atoms with van der Waals surface area (Å²) in [4.78, 5) is 12.8. The predicted octanol–water partition coefficient (Wildman–Crippen LogP) is 4.08. The van der Waals surface area contributed by atoms with E-state index in [2.05, 4.69) is 5.32 Å². The third-order valence-corrected chi connectivity index (χ3v) is 6.58. The summed E-state index contributed by atoms with van der Waals surface area (Å²) in [5, 5.41) is 2.81. The maximum absolute atomic E-state index is 12.9. The molecule has 0 heterocycles. The standard InChI is InChI=1S/C23H32N2O5S/c1-6-25(7-2)31(27,28)20-13-14-22(30-17(4)5)21(16-20)24-23(26)15-18-9-11-19(12-10-18)29-8-3/h9-14,16-17H,6-8,15H2,1-5H3,(H,24,26). The van der Waals surface area contributed by atoms with E-state index in [1.807, 2.05) is 45.0 Å². The minimum Gasteiger partial charge on any atom is -0.494 e. The number of ether oxygens (including phenoxy) is 2. The second-order valence-corrected chi connectivity index (χ2v) is 9.15. The van der Waals surface area contributed by atoms with Gasteiger partial charge in [-0.2, -0.15) is 4.31 Å². The van der Waals surface area contributed by atoms with Crippen LogP contribution in [0.2, 0.25) is 0 Å². The van der Waals surface area contributed by atoms with Gasteiger partial charge in [0.25, 0.3) is 0 Å². The number of carbonyl (C=O) groups excluding carboxylic acids is 1. The van der Waals surface area contributed by atoms with Gasteiger partial charge in [-0.1, -0.05) is 26.0 Å². The Bertz CT molecular complexity index is 968. The Labute approximate surface area is 185 Å². The monoisotopic (exact) mass is 448 g/mol. The highest BCUT2D eigenvalue weighted by molar-refractivity contribution is 7.89. The van der Waals surface area contributed by atoms with Crippen molar-refractivity contribution < 1.29 is 22.7 Å². The van der Waals surface area contributed by atoms with E-state index in [1.54, 1.807) is 19.9 Å². The van der Waals surface area contributed by atoms with Crippen LogP contribution in [0.25, 0.3) is 0 Å². The molecular weight excluding hydrogens is 416 g/mol. The zero-order chi connectivity index (χ0) is 23.0. The molecule has 0 saturated carbocycles. The van der Waals surface area contributed by atoms with Gasteiger partial charge in [0.05, 0.1) is 29.7 Å². The molecule has 7 nitrogen and oxygen atoms in total. The summed E-state index contributed by atoms with van der Waals surface area (Å²) >= 11 is 0. The van der Waals surface area contributed by atoms with Gasteiger partial charge in [-0.25, -0.2) is 8.42 Å². The molecule has 170 valence electrons. The Morgan fingerprint density at radius 1 is 1.03 bits per heavy atom. The maximum Gasteiger partial charge on any atom is 0.243 e. The number of nitrogens with zero attached hydrogens (tertiary/aromatic N) is 1. The molecule has 1 N–H and O–H groups in total. The zero-order valence-corrected chi connectivity index (χ0v) is 19.7. The topological polar surface area (TPSA) is 84.9 Å². The number of hydrogen-bond donors (Lipinski definition) is 1. The quantitative estimate of drug-likeness (QED) is 0.560. The molecule has 0 radical (unpaired) electrons. The molecule has 0 atom stereocenters. The summed E-state index contributed by atoms with van der Waals surface area (Å²) in [6.45, 7) is 10.5. The van der Waals surface area contributed by atoms with E-state index in [0.717, 1.165) is 11.3 Å². The van der Waals surface area contributed by atoms with Crippen LogP contribution in [-0.2, 0) is 21.2 Å². The molecule has 31 heavy (non-hydrogen) atoms. The van der Waals surface area contributed by atoms with Crippen molar-refractivity contribution in [3.8, 4) is 11.5 Å². The van der Waals surface area contributed by atoms with Gasteiger partial charge < -0.3 is 14.8 Å². The minimum absolute atomic E-state index is 0.115. The molecular formula is C23H32N2O5S. The molecule has 0 spiro atoms. The third kappa shape index (κ3) is 6.70. The van der Waals surface area contributed by atoms with E-state index in [1.165, 1.54) is 16.4 Å². The maximum atomic E-state index is 12.9. The number of nitrogens with one attached hydrogen (secondary N) is 1. The molecule has 0 bridgehead atoms. The fourth-order valence-corrected chi connectivity index (χ4v) is 4.57. The number of sulfonamides is 1. The van der Waals surface area contributed by atoms with Crippen LogP contribution in [-0.4, -0.2) is 44.4 Å². The third-order valence-electron chi connectivity index (χ3n) is 4.53. The van der Waals surface area contributed by atoms with Crippen molar-refractivity contribution in [2.75, 3.05) is 25.0 Å². The summed E-state index contributed by atoms with van der Waals surface area (Å²) in [5.74, 6) is 0.900. The Morgan fingerprint density at radius 2 is 1.68 bits per heavy atom. The van der Waals surface area contributed by atoms with Crippen LogP contribution in [0.5, 0.6) is 11.5 Å².